The van der Waals surface area contributed by atoms with Gasteiger partial charge in [-0.3, -0.25) is 14.9 Å². The Kier molecular flexibility index (Phi) is 5.42. The number of hydrogen-bond donors (Lipinski definition) is 2. The predicted octanol–water partition coefficient (Wildman–Crippen LogP) is 2.05. The van der Waals surface area contributed by atoms with E-state index in [0.717, 1.165) is 6.20 Å². The van der Waals surface area contributed by atoms with Gasteiger partial charge in [-0.15, -0.1) is 0 Å². The molecule has 1 rings (SSSR count). The van der Waals surface area contributed by atoms with Crippen molar-refractivity contribution >= 4 is 17.4 Å². The number of nitrogens with one attached hydrogen (secondary N) is 2. The zero-order valence-electron chi connectivity index (χ0n) is 12.1. The fourth-order valence-electron chi connectivity index (χ4n) is 1.50. The Morgan fingerprint density at radius 3 is 2.60 bits per heavy atom. The van der Waals surface area contributed by atoms with Gasteiger partial charge >= 0.3 is 0 Å². The summed E-state index contributed by atoms with van der Waals surface area (Å²) in [7, 11) is 1.64. The van der Waals surface area contributed by atoms with Crippen LogP contribution in [0.2, 0.25) is 0 Å². The molecular formula is C13H20N4O3. The van der Waals surface area contributed by atoms with E-state index in [9.17, 15) is 14.9 Å². The second-order valence-electron chi connectivity index (χ2n) is 5.03. The molecule has 0 aliphatic heterocycles. The number of nitro groups is 1. The standard InChI is InChI=1S/C13H20N4O3/c1-8(2)9(3)6-16-13(18)10-5-12(14-4)15-7-11(10)17(19)20/h5,7-9H,6H2,1-4H3,(H,14,15)(H,16,18). The Morgan fingerprint density at radius 1 is 1.45 bits per heavy atom. The fourth-order valence-corrected chi connectivity index (χ4v) is 1.50. The quantitative estimate of drug-likeness (QED) is 0.614. The van der Waals surface area contributed by atoms with Crippen LogP contribution in [0.15, 0.2) is 12.3 Å². The Bertz CT molecular complexity index is 502. The van der Waals surface area contributed by atoms with Gasteiger partial charge in [-0.1, -0.05) is 20.8 Å². The zero-order chi connectivity index (χ0) is 15.3. The first-order valence-corrected chi connectivity index (χ1v) is 6.47. The van der Waals surface area contributed by atoms with Gasteiger partial charge in [0, 0.05) is 19.7 Å². The lowest BCUT2D eigenvalue weighted by Gasteiger charge is -2.16. The van der Waals surface area contributed by atoms with Crippen molar-refractivity contribution in [3.8, 4) is 0 Å². The van der Waals surface area contributed by atoms with Crippen LogP contribution in [0.25, 0.3) is 0 Å². The normalized spacial score (nSPS) is 12.1. The third kappa shape index (κ3) is 3.91. The van der Waals surface area contributed by atoms with Gasteiger partial charge < -0.3 is 10.6 Å². The number of amides is 1. The van der Waals surface area contributed by atoms with Crippen LogP contribution in [0.1, 0.15) is 31.1 Å². The zero-order valence-corrected chi connectivity index (χ0v) is 12.1. The first kappa shape index (κ1) is 15.9. The topological polar surface area (TPSA) is 97.2 Å². The first-order chi connectivity index (χ1) is 9.36. The van der Waals surface area contributed by atoms with Gasteiger partial charge in [0.05, 0.1) is 4.92 Å². The smallest absolute Gasteiger partial charge is 0.300 e. The molecule has 0 spiro atoms. The van der Waals surface area contributed by atoms with E-state index in [-0.39, 0.29) is 11.3 Å². The van der Waals surface area contributed by atoms with Crippen molar-refractivity contribution in [1.29, 1.82) is 0 Å². The SMILES string of the molecule is CNc1cc(C(=O)NCC(C)C(C)C)c([N+](=O)[O-])cn1. The minimum atomic E-state index is -0.604. The number of carbonyl (C=O) groups excluding carboxylic acids is 1. The highest BCUT2D eigenvalue weighted by Crippen LogP contribution is 2.20. The van der Waals surface area contributed by atoms with E-state index >= 15 is 0 Å². The summed E-state index contributed by atoms with van der Waals surface area (Å²) >= 11 is 0. The van der Waals surface area contributed by atoms with Crippen LogP contribution >= 0.6 is 0 Å². The van der Waals surface area contributed by atoms with Crippen LogP contribution < -0.4 is 10.6 Å². The van der Waals surface area contributed by atoms with Crippen LogP contribution in [0.3, 0.4) is 0 Å². The van der Waals surface area contributed by atoms with Gasteiger partial charge in [-0.2, -0.15) is 0 Å². The maximum atomic E-state index is 12.1. The minimum Gasteiger partial charge on any atom is -0.373 e. The van der Waals surface area contributed by atoms with E-state index in [1.54, 1.807) is 7.05 Å². The highest BCUT2D eigenvalue weighted by molar-refractivity contribution is 5.98. The highest BCUT2D eigenvalue weighted by atomic mass is 16.6. The summed E-state index contributed by atoms with van der Waals surface area (Å²) in [5.41, 5.74) is -0.274. The van der Waals surface area contributed by atoms with Crippen molar-refractivity contribution < 1.29 is 9.72 Å². The van der Waals surface area contributed by atoms with Crippen molar-refractivity contribution in [2.24, 2.45) is 11.8 Å². The lowest BCUT2D eigenvalue weighted by molar-refractivity contribution is -0.385. The van der Waals surface area contributed by atoms with Crippen LogP contribution in [0, 0.1) is 22.0 Å². The number of aromatic nitrogens is 1. The number of rotatable bonds is 6. The molecule has 0 fully saturated rings. The van der Waals surface area contributed by atoms with Crippen LogP contribution in [0.5, 0.6) is 0 Å². The fraction of sp³-hybridized carbons (Fsp3) is 0.538. The van der Waals surface area contributed by atoms with Crippen molar-refractivity contribution in [1.82, 2.24) is 10.3 Å². The molecule has 0 saturated heterocycles. The molecule has 110 valence electrons. The molecule has 1 atom stereocenters. The number of carbonyl (C=O) groups is 1. The van der Waals surface area contributed by atoms with E-state index in [4.69, 9.17) is 0 Å². The van der Waals surface area contributed by atoms with E-state index in [1.807, 2.05) is 6.92 Å². The van der Waals surface area contributed by atoms with Crippen molar-refractivity contribution in [2.75, 3.05) is 18.9 Å². The van der Waals surface area contributed by atoms with Gasteiger partial charge in [0.1, 0.15) is 17.6 Å². The molecule has 0 aromatic carbocycles. The molecule has 0 aliphatic rings. The van der Waals surface area contributed by atoms with Gasteiger partial charge in [0.25, 0.3) is 11.6 Å². The lowest BCUT2D eigenvalue weighted by atomic mass is 9.98. The Morgan fingerprint density at radius 2 is 2.10 bits per heavy atom. The molecule has 0 aliphatic carbocycles. The monoisotopic (exact) mass is 280 g/mol. The number of hydrogen-bond acceptors (Lipinski definition) is 5. The second kappa shape index (κ2) is 6.83. The van der Waals surface area contributed by atoms with E-state index in [1.165, 1.54) is 6.07 Å². The van der Waals surface area contributed by atoms with Gasteiger partial charge in [-0.25, -0.2) is 4.98 Å². The molecule has 2 N–H and O–H groups in total. The second-order valence-corrected chi connectivity index (χ2v) is 5.03. The molecule has 0 bridgehead atoms. The maximum absolute atomic E-state index is 12.1. The Balaban J connectivity index is 2.93. The van der Waals surface area contributed by atoms with E-state index in [0.29, 0.717) is 24.2 Å². The van der Waals surface area contributed by atoms with Gasteiger partial charge in [0.15, 0.2) is 0 Å². The average Bonchev–Trinajstić information content (AvgIpc) is 2.43. The van der Waals surface area contributed by atoms with Crippen molar-refractivity contribution in [2.45, 2.75) is 20.8 Å². The minimum absolute atomic E-state index is 0.0188. The molecule has 0 saturated carbocycles. The van der Waals surface area contributed by atoms with Crippen molar-refractivity contribution in [3.05, 3.63) is 27.9 Å². The Labute approximate surface area is 117 Å². The molecule has 1 unspecified atom stereocenters. The number of pyridine rings is 1. The average molecular weight is 280 g/mol. The largest absolute Gasteiger partial charge is 0.373 e. The predicted molar refractivity (Wildman–Crippen MR) is 76.8 cm³/mol. The first-order valence-electron chi connectivity index (χ1n) is 6.47. The third-order valence-electron chi connectivity index (χ3n) is 3.30. The molecule has 7 nitrogen and oxygen atoms in total. The summed E-state index contributed by atoms with van der Waals surface area (Å²) in [4.78, 5) is 26.3. The summed E-state index contributed by atoms with van der Waals surface area (Å²) < 4.78 is 0. The van der Waals surface area contributed by atoms with Gasteiger partial charge in [0.2, 0.25) is 0 Å². The number of anilines is 1. The lowest BCUT2D eigenvalue weighted by Crippen LogP contribution is -2.30. The summed E-state index contributed by atoms with van der Waals surface area (Å²) in [6.07, 6.45) is 1.09. The van der Waals surface area contributed by atoms with Crippen molar-refractivity contribution in [3.63, 3.8) is 0 Å². The Hall–Kier alpha value is -2.18. The molecule has 20 heavy (non-hydrogen) atoms. The molecule has 1 aromatic heterocycles. The molecule has 1 amide bonds. The molecular weight excluding hydrogens is 260 g/mol. The van der Waals surface area contributed by atoms with Gasteiger partial charge in [-0.05, 0) is 11.8 Å². The molecule has 1 heterocycles. The molecule has 1 aromatic rings. The van der Waals surface area contributed by atoms with Crippen LogP contribution in [-0.2, 0) is 0 Å². The van der Waals surface area contributed by atoms with Crippen LogP contribution in [-0.4, -0.2) is 29.4 Å². The van der Waals surface area contributed by atoms with E-state index < -0.39 is 10.8 Å². The summed E-state index contributed by atoms with van der Waals surface area (Å²) in [6.45, 7) is 6.62. The maximum Gasteiger partial charge on any atom is 0.300 e. The molecule has 7 heteroatoms. The summed E-state index contributed by atoms with van der Waals surface area (Å²) in [5.74, 6) is 0.681. The van der Waals surface area contributed by atoms with E-state index in [2.05, 4.69) is 29.5 Å². The molecule has 0 radical (unpaired) electrons. The number of nitrogens with zero attached hydrogens (tertiary/aromatic N) is 2. The summed E-state index contributed by atoms with van der Waals surface area (Å²) in [5, 5.41) is 16.4. The van der Waals surface area contributed by atoms with Crippen LogP contribution in [0.4, 0.5) is 11.5 Å². The third-order valence-corrected chi connectivity index (χ3v) is 3.30. The highest BCUT2D eigenvalue weighted by Gasteiger charge is 2.22. The summed E-state index contributed by atoms with van der Waals surface area (Å²) in [6, 6.07) is 1.38.